The van der Waals surface area contributed by atoms with E-state index in [4.69, 9.17) is 4.74 Å². The van der Waals surface area contributed by atoms with Crippen LogP contribution in [0.5, 0.6) is 5.75 Å². The summed E-state index contributed by atoms with van der Waals surface area (Å²) in [5, 5.41) is 5.25. The Morgan fingerprint density at radius 2 is 2.07 bits per heavy atom. The standard InChI is InChI=1S/C25H34N2O2S/c1-20(17-24-9-6-16-30-24)27(18-22-10-12-23(29-2)13-11-22)19-25(28)26-15-14-21-7-4-3-5-8-21/h6-7,9-13,16,20H,3-5,8,14-15,17-19H2,1-2H3,(H,26,28). The maximum Gasteiger partial charge on any atom is 0.234 e. The predicted molar refractivity (Wildman–Crippen MR) is 125 cm³/mol. The first-order valence-electron chi connectivity index (χ1n) is 11.0. The number of nitrogens with zero attached hydrogens (tertiary/aromatic N) is 1. The summed E-state index contributed by atoms with van der Waals surface area (Å²) in [7, 11) is 1.68. The van der Waals surface area contributed by atoms with Crippen LogP contribution in [0.3, 0.4) is 0 Å². The second kappa shape index (κ2) is 11.9. The number of rotatable bonds is 11. The van der Waals surface area contributed by atoms with Gasteiger partial charge in [-0.3, -0.25) is 9.69 Å². The molecule has 1 aromatic carbocycles. The number of carbonyl (C=O) groups excluding carboxylic acids is 1. The third-order valence-electron chi connectivity index (χ3n) is 5.74. The summed E-state index contributed by atoms with van der Waals surface area (Å²) < 4.78 is 5.27. The molecule has 1 atom stereocenters. The van der Waals surface area contributed by atoms with Crippen LogP contribution in [-0.4, -0.2) is 37.0 Å². The molecule has 1 aliphatic rings. The minimum Gasteiger partial charge on any atom is -0.497 e. The van der Waals surface area contributed by atoms with Crippen LogP contribution in [0, 0.1) is 0 Å². The van der Waals surface area contributed by atoms with Crippen molar-refractivity contribution in [2.75, 3.05) is 20.2 Å². The summed E-state index contributed by atoms with van der Waals surface area (Å²) in [6.07, 6.45) is 9.27. The van der Waals surface area contributed by atoms with E-state index in [0.29, 0.717) is 6.54 Å². The van der Waals surface area contributed by atoms with E-state index < -0.39 is 0 Å². The van der Waals surface area contributed by atoms with Crippen molar-refractivity contribution in [2.45, 2.75) is 58.0 Å². The van der Waals surface area contributed by atoms with Crippen LogP contribution in [0.15, 0.2) is 53.4 Å². The Hall–Kier alpha value is -2.11. The van der Waals surface area contributed by atoms with Crippen molar-refractivity contribution in [3.63, 3.8) is 0 Å². The first kappa shape index (κ1) is 22.6. The summed E-state index contributed by atoms with van der Waals surface area (Å²) in [5.74, 6) is 0.963. The second-order valence-electron chi connectivity index (χ2n) is 8.09. The molecular weight excluding hydrogens is 392 g/mol. The summed E-state index contributed by atoms with van der Waals surface area (Å²) in [4.78, 5) is 16.3. The molecule has 0 radical (unpaired) electrons. The number of benzene rings is 1. The van der Waals surface area contributed by atoms with Crippen LogP contribution < -0.4 is 10.1 Å². The normalized spacial score (nSPS) is 15.0. The Morgan fingerprint density at radius 1 is 1.23 bits per heavy atom. The van der Waals surface area contributed by atoms with E-state index in [1.165, 1.54) is 41.7 Å². The van der Waals surface area contributed by atoms with Gasteiger partial charge in [0.05, 0.1) is 13.7 Å². The fourth-order valence-electron chi connectivity index (χ4n) is 3.92. The van der Waals surface area contributed by atoms with Crippen LogP contribution >= 0.6 is 11.3 Å². The molecular formula is C25H34N2O2S. The highest BCUT2D eigenvalue weighted by Crippen LogP contribution is 2.20. The molecule has 5 heteroatoms. The van der Waals surface area contributed by atoms with E-state index in [-0.39, 0.29) is 11.9 Å². The van der Waals surface area contributed by atoms with E-state index in [0.717, 1.165) is 31.7 Å². The van der Waals surface area contributed by atoms with Gasteiger partial charge in [-0.05, 0) is 74.6 Å². The summed E-state index contributed by atoms with van der Waals surface area (Å²) in [6.45, 7) is 4.11. The van der Waals surface area contributed by atoms with Gasteiger partial charge in [0.15, 0.2) is 0 Å². The molecule has 30 heavy (non-hydrogen) atoms. The molecule has 0 spiro atoms. The molecule has 2 aromatic rings. The Labute approximate surface area is 184 Å². The molecule has 0 bridgehead atoms. The minimum atomic E-state index is 0.109. The topological polar surface area (TPSA) is 41.6 Å². The van der Waals surface area contributed by atoms with Gasteiger partial charge in [-0.25, -0.2) is 0 Å². The first-order chi connectivity index (χ1) is 14.6. The Kier molecular flexibility index (Phi) is 8.97. The maximum absolute atomic E-state index is 12.7. The Balaban J connectivity index is 1.57. The van der Waals surface area contributed by atoms with Gasteiger partial charge in [0.2, 0.25) is 5.91 Å². The molecule has 162 valence electrons. The van der Waals surface area contributed by atoms with Gasteiger partial charge in [0, 0.05) is 24.0 Å². The van der Waals surface area contributed by atoms with Crippen molar-refractivity contribution >= 4 is 17.2 Å². The SMILES string of the molecule is COc1ccc(CN(CC(=O)NCCC2=CCCCC2)C(C)Cc2cccs2)cc1. The van der Waals surface area contributed by atoms with E-state index >= 15 is 0 Å². The number of amides is 1. The van der Waals surface area contributed by atoms with Crippen molar-refractivity contribution in [1.29, 1.82) is 0 Å². The maximum atomic E-state index is 12.7. The summed E-state index contributed by atoms with van der Waals surface area (Å²) in [5.41, 5.74) is 2.69. The van der Waals surface area contributed by atoms with E-state index in [1.54, 1.807) is 18.4 Å². The number of ether oxygens (including phenoxy) is 1. The highest BCUT2D eigenvalue weighted by molar-refractivity contribution is 7.09. The monoisotopic (exact) mass is 426 g/mol. The van der Waals surface area contributed by atoms with Gasteiger partial charge in [0.25, 0.3) is 0 Å². The zero-order valence-corrected chi connectivity index (χ0v) is 19.0. The van der Waals surface area contributed by atoms with Crippen LogP contribution in [0.25, 0.3) is 0 Å². The van der Waals surface area contributed by atoms with Crippen molar-refractivity contribution in [3.05, 3.63) is 63.9 Å². The van der Waals surface area contributed by atoms with Gasteiger partial charge in [-0.15, -0.1) is 11.3 Å². The molecule has 0 saturated heterocycles. The quantitative estimate of drug-likeness (QED) is 0.502. The first-order valence-corrected chi connectivity index (χ1v) is 11.9. The van der Waals surface area contributed by atoms with Gasteiger partial charge >= 0.3 is 0 Å². The average Bonchev–Trinajstić information content (AvgIpc) is 3.27. The molecule has 1 aliphatic carbocycles. The molecule has 4 nitrogen and oxygen atoms in total. The number of carbonyl (C=O) groups is 1. The fourth-order valence-corrected chi connectivity index (χ4v) is 4.74. The summed E-state index contributed by atoms with van der Waals surface area (Å²) in [6, 6.07) is 12.7. The molecule has 1 aromatic heterocycles. The van der Waals surface area contributed by atoms with E-state index in [2.05, 4.69) is 52.9 Å². The average molecular weight is 427 g/mol. The second-order valence-corrected chi connectivity index (χ2v) is 9.13. The zero-order valence-electron chi connectivity index (χ0n) is 18.2. The van der Waals surface area contributed by atoms with E-state index in [9.17, 15) is 4.79 Å². The van der Waals surface area contributed by atoms with Crippen LogP contribution in [0.1, 0.15) is 49.5 Å². The fraction of sp³-hybridized carbons (Fsp3) is 0.480. The third-order valence-corrected chi connectivity index (χ3v) is 6.64. The lowest BCUT2D eigenvalue weighted by Gasteiger charge is -2.28. The molecule has 0 aliphatic heterocycles. The molecule has 1 unspecified atom stereocenters. The van der Waals surface area contributed by atoms with Crippen molar-refractivity contribution in [3.8, 4) is 5.75 Å². The Morgan fingerprint density at radius 3 is 2.73 bits per heavy atom. The van der Waals surface area contributed by atoms with E-state index in [1.807, 2.05) is 12.1 Å². The van der Waals surface area contributed by atoms with Gasteiger partial charge in [-0.2, -0.15) is 0 Å². The number of hydrogen-bond acceptors (Lipinski definition) is 4. The number of allylic oxidation sites excluding steroid dienone is 1. The van der Waals surface area contributed by atoms with Gasteiger partial charge in [-0.1, -0.05) is 29.8 Å². The minimum absolute atomic E-state index is 0.109. The molecule has 0 saturated carbocycles. The number of thiophene rings is 1. The largest absolute Gasteiger partial charge is 0.497 e. The molecule has 1 heterocycles. The highest BCUT2D eigenvalue weighted by atomic mass is 32.1. The lowest BCUT2D eigenvalue weighted by molar-refractivity contribution is -0.122. The Bertz CT molecular complexity index is 799. The third kappa shape index (κ3) is 7.29. The van der Waals surface area contributed by atoms with Crippen LogP contribution in [-0.2, 0) is 17.8 Å². The lowest BCUT2D eigenvalue weighted by Crippen LogP contribution is -2.42. The van der Waals surface area contributed by atoms with Crippen LogP contribution in [0.2, 0.25) is 0 Å². The highest BCUT2D eigenvalue weighted by Gasteiger charge is 2.19. The van der Waals surface area contributed by atoms with Crippen molar-refractivity contribution in [2.24, 2.45) is 0 Å². The number of nitrogens with one attached hydrogen (secondary N) is 1. The molecule has 1 amide bonds. The lowest BCUT2D eigenvalue weighted by atomic mass is 9.97. The zero-order chi connectivity index (χ0) is 21.2. The van der Waals surface area contributed by atoms with Gasteiger partial charge < -0.3 is 10.1 Å². The number of methoxy groups -OCH3 is 1. The summed E-state index contributed by atoms with van der Waals surface area (Å²) >= 11 is 1.78. The van der Waals surface area contributed by atoms with Gasteiger partial charge in [0.1, 0.15) is 5.75 Å². The van der Waals surface area contributed by atoms with Crippen LogP contribution in [0.4, 0.5) is 0 Å². The predicted octanol–water partition coefficient (Wildman–Crippen LogP) is 5.20. The molecule has 1 N–H and O–H groups in total. The number of hydrogen-bond donors (Lipinski definition) is 1. The van der Waals surface area contributed by atoms with Crippen molar-refractivity contribution in [1.82, 2.24) is 10.2 Å². The molecule has 0 fully saturated rings. The smallest absolute Gasteiger partial charge is 0.234 e. The van der Waals surface area contributed by atoms with Crippen molar-refractivity contribution < 1.29 is 9.53 Å². The molecule has 3 rings (SSSR count).